The largest absolute Gasteiger partial charge is 0.573 e. The van der Waals surface area contributed by atoms with Gasteiger partial charge in [-0.2, -0.15) is 0 Å². The molecule has 0 saturated heterocycles. The predicted molar refractivity (Wildman–Crippen MR) is 109 cm³/mol. The first kappa shape index (κ1) is 20.8. The first-order valence-electron chi connectivity index (χ1n) is 10.0. The molecule has 3 aromatic rings. The highest BCUT2D eigenvalue weighted by Crippen LogP contribution is 2.41. The van der Waals surface area contributed by atoms with E-state index in [1.165, 1.54) is 22.3 Å². The molecule has 2 aliphatic rings. The lowest BCUT2D eigenvalue weighted by molar-refractivity contribution is -0.274. The summed E-state index contributed by atoms with van der Waals surface area (Å²) in [5, 5.41) is -0.106. The monoisotopic (exact) mass is 465 g/mol. The topological polar surface area (TPSA) is 81.0 Å². The van der Waals surface area contributed by atoms with Crippen LogP contribution in [0.4, 0.5) is 19.0 Å². The molecule has 5 rings (SSSR count). The van der Waals surface area contributed by atoms with E-state index < -0.39 is 27.9 Å². The SMILES string of the molecule is CCS(=O)(=O)c1c(N2Cc3ccc(OC(F)(F)F)cc3C2=O)nc2cc(C3CC3)ccn12. The van der Waals surface area contributed by atoms with Crippen LogP contribution in [0.3, 0.4) is 0 Å². The lowest BCUT2D eigenvalue weighted by atomic mass is 10.1. The van der Waals surface area contributed by atoms with Crippen LogP contribution in [0.25, 0.3) is 5.65 Å². The number of amides is 1. The first-order valence-corrected chi connectivity index (χ1v) is 11.7. The standard InChI is InChI=1S/C21H18F3N3O4S/c1-2-32(29,30)20-18(25-17-9-13(12-3-4-12)7-8-26(17)20)27-11-14-5-6-15(31-21(22,23)24)10-16(14)19(27)28/h5-10,12H,2-4,11H2,1H3. The molecule has 0 atom stereocenters. The number of rotatable bonds is 5. The molecule has 1 aliphatic carbocycles. The number of aromatic nitrogens is 2. The van der Waals surface area contributed by atoms with Crippen molar-refractivity contribution in [3.8, 4) is 5.75 Å². The van der Waals surface area contributed by atoms with Crippen LogP contribution >= 0.6 is 0 Å². The lowest BCUT2D eigenvalue weighted by Gasteiger charge is -2.14. The van der Waals surface area contributed by atoms with Crippen molar-refractivity contribution in [1.82, 2.24) is 9.38 Å². The van der Waals surface area contributed by atoms with Crippen LogP contribution in [0.15, 0.2) is 41.6 Å². The maximum atomic E-state index is 13.1. The summed E-state index contributed by atoms with van der Waals surface area (Å²) in [6.45, 7) is 1.49. The van der Waals surface area contributed by atoms with Crippen LogP contribution in [-0.4, -0.2) is 35.8 Å². The van der Waals surface area contributed by atoms with Gasteiger partial charge in [-0.05, 0) is 54.2 Å². The Labute approximate surface area is 181 Å². The number of alkyl halides is 3. The number of pyridine rings is 1. The van der Waals surface area contributed by atoms with Crippen molar-refractivity contribution in [2.24, 2.45) is 0 Å². The number of benzene rings is 1. The number of halogens is 3. The molecular weight excluding hydrogens is 447 g/mol. The fraction of sp³-hybridized carbons (Fsp3) is 0.333. The Balaban J connectivity index is 1.60. The Morgan fingerprint density at radius 2 is 1.94 bits per heavy atom. The average molecular weight is 465 g/mol. The van der Waals surface area contributed by atoms with Crippen LogP contribution in [0.1, 0.15) is 47.2 Å². The van der Waals surface area contributed by atoms with E-state index >= 15 is 0 Å². The molecule has 0 radical (unpaired) electrons. The minimum absolute atomic E-state index is 0.00787. The minimum atomic E-state index is -4.89. The second-order valence-electron chi connectivity index (χ2n) is 7.86. The van der Waals surface area contributed by atoms with Gasteiger partial charge in [0.05, 0.1) is 12.3 Å². The Morgan fingerprint density at radius 1 is 1.19 bits per heavy atom. The van der Waals surface area contributed by atoms with E-state index in [2.05, 4.69) is 9.72 Å². The molecule has 7 nitrogen and oxygen atoms in total. The van der Waals surface area contributed by atoms with E-state index in [1.54, 1.807) is 6.20 Å². The van der Waals surface area contributed by atoms with E-state index in [0.29, 0.717) is 17.1 Å². The summed E-state index contributed by atoms with van der Waals surface area (Å²) in [5.74, 6) is -0.949. The van der Waals surface area contributed by atoms with Crippen molar-refractivity contribution in [3.63, 3.8) is 0 Å². The van der Waals surface area contributed by atoms with E-state index in [9.17, 15) is 26.4 Å². The fourth-order valence-corrected chi connectivity index (χ4v) is 5.11. The molecule has 1 aliphatic heterocycles. The normalized spacial score (nSPS) is 16.6. The number of anilines is 1. The third-order valence-electron chi connectivity index (χ3n) is 5.69. The van der Waals surface area contributed by atoms with E-state index in [1.807, 2.05) is 12.1 Å². The van der Waals surface area contributed by atoms with Gasteiger partial charge in [-0.25, -0.2) is 13.4 Å². The van der Waals surface area contributed by atoms with E-state index in [0.717, 1.165) is 30.5 Å². The molecule has 0 spiro atoms. The fourth-order valence-electron chi connectivity index (χ4n) is 3.95. The number of carbonyl (C=O) groups is 1. The highest BCUT2D eigenvalue weighted by molar-refractivity contribution is 7.91. The molecule has 3 heterocycles. The quantitative estimate of drug-likeness (QED) is 0.568. The predicted octanol–water partition coefficient (Wildman–Crippen LogP) is 4.06. The average Bonchev–Trinajstić information content (AvgIpc) is 3.43. The third-order valence-corrected chi connectivity index (χ3v) is 7.42. The van der Waals surface area contributed by atoms with Gasteiger partial charge in [-0.1, -0.05) is 13.0 Å². The molecule has 2 aromatic heterocycles. The molecular formula is C21H18F3N3O4S. The van der Waals surface area contributed by atoms with Gasteiger partial charge >= 0.3 is 6.36 Å². The second-order valence-corrected chi connectivity index (χ2v) is 10.1. The van der Waals surface area contributed by atoms with E-state index in [4.69, 9.17) is 0 Å². The van der Waals surface area contributed by atoms with Crippen LogP contribution < -0.4 is 9.64 Å². The van der Waals surface area contributed by atoms with Crippen LogP contribution in [0.2, 0.25) is 0 Å². The molecule has 1 aromatic carbocycles. The highest BCUT2D eigenvalue weighted by atomic mass is 32.2. The van der Waals surface area contributed by atoms with Crippen molar-refractivity contribution in [3.05, 3.63) is 53.2 Å². The van der Waals surface area contributed by atoms with Crippen LogP contribution in [-0.2, 0) is 16.4 Å². The Morgan fingerprint density at radius 3 is 2.59 bits per heavy atom. The van der Waals surface area contributed by atoms with Gasteiger partial charge in [0.2, 0.25) is 0 Å². The number of sulfone groups is 1. The highest BCUT2D eigenvalue weighted by Gasteiger charge is 2.37. The molecule has 1 amide bonds. The van der Waals surface area contributed by atoms with Gasteiger partial charge in [-0.3, -0.25) is 14.1 Å². The molecule has 0 unspecified atom stereocenters. The maximum Gasteiger partial charge on any atom is 0.573 e. The Bertz CT molecular complexity index is 1360. The molecule has 32 heavy (non-hydrogen) atoms. The van der Waals surface area contributed by atoms with E-state index in [-0.39, 0.29) is 28.7 Å². The zero-order valence-electron chi connectivity index (χ0n) is 16.9. The molecule has 168 valence electrons. The summed E-state index contributed by atoms with van der Waals surface area (Å²) in [5.41, 5.74) is 1.93. The molecule has 0 bridgehead atoms. The Hall–Kier alpha value is -3.08. The van der Waals surface area contributed by atoms with Crippen molar-refractivity contribution >= 4 is 27.2 Å². The number of ether oxygens (including phenoxy) is 1. The molecule has 1 saturated carbocycles. The maximum absolute atomic E-state index is 13.1. The van der Waals surface area contributed by atoms with Crippen LogP contribution in [0, 0.1) is 0 Å². The van der Waals surface area contributed by atoms with Crippen molar-refractivity contribution in [2.45, 2.75) is 43.6 Å². The van der Waals surface area contributed by atoms with Crippen molar-refractivity contribution in [1.29, 1.82) is 0 Å². The summed E-state index contributed by atoms with van der Waals surface area (Å²) >= 11 is 0. The van der Waals surface area contributed by atoms with Gasteiger partial charge in [-0.15, -0.1) is 13.2 Å². The molecule has 1 fully saturated rings. The number of hydrogen-bond donors (Lipinski definition) is 0. The number of imidazole rings is 1. The van der Waals surface area contributed by atoms with Gasteiger partial charge < -0.3 is 4.74 Å². The van der Waals surface area contributed by atoms with Crippen molar-refractivity contribution < 1.29 is 31.1 Å². The van der Waals surface area contributed by atoms with Gasteiger partial charge in [0.25, 0.3) is 5.91 Å². The Kier molecular flexibility index (Phi) is 4.52. The summed E-state index contributed by atoms with van der Waals surface area (Å²) in [4.78, 5) is 18.8. The summed E-state index contributed by atoms with van der Waals surface area (Å²) in [7, 11) is -3.78. The zero-order chi connectivity index (χ0) is 22.8. The summed E-state index contributed by atoms with van der Waals surface area (Å²) in [6.07, 6.45) is -1.12. The molecule has 11 heteroatoms. The minimum Gasteiger partial charge on any atom is -0.406 e. The van der Waals surface area contributed by atoms with Gasteiger partial charge in [0.15, 0.2) is 20.7 Å². The lowest BCUT2D eigenvalue weighted by Crippen LogP contribution is -2.26. The zero-order valence-corrected chi connectivity index (χ0v) is 17.7. The van der Waals surface area contributed by atoms with Gasteiger partial charge in [0.1, 0.15) is 11.4 Å². The van der Waals surface area contributed by atoms with Crippen LogP contribution in [0.5, 0.6) is 5.75 Å². The number of carbonyl (C=O) groups excluding carboxylic acids is 1. The smallest absolute Gasteiger partial charge is 0.406 e. The number of fused-ring (bicyclic) bond motifs is 2. The summed E-state index contributed by atoms with van der Waals surface area (Å²) in [6, 6.07) is 7.17. The van der Waals surface area contributed by atoms with Crippen molar-refractivity contribution in [2.75, 3.05) is 10.7 Å². The second kappa shape index (κ2) is 6.96. The molecule has 0 N–H and O–H groups in total. The summed E-state index contributed by atoms with van der Waals surface area (Å²) < 4.78 is 68.9. The third kappa shape index (κ3) is 3.50. The number of nitrogens with zero attached hydrogens (tertiary/aromatic N) is 3. The number of hydrogen-bond acceptors (Lipinski definition) is 5. The first-order chi connectivity index (χ1) is 15.1. The van der Waals surface area contributed by atoms with Gasteiger partial charge in [0, 0.05) is 11.8 Å².